The Morgan fingerprint density at radius 3 is 1.52 bits per heavy atom. The zero-order valence-electron chi connectivity index (χ0n) is 51.0. The van der Waals surface area contributed by atoms with Crippen LogP contribution in [0.5, 0.6) is 5.75 Å². The van der Waals surface area contributed by atoms with E-state index in [9.17, 15) is 77.6 Å². The topological polar surface area (TPSA) is 483 Å². The van der Waals surface area contributed by atoms with Crippen molar-refractivity contribution in [2.45, 2.75) is 127 Å². The largest absolute Gasteiger partial charge is 0.508 e. The molecule has 0 fully saturated rings. The van der Waals surface area contributed by atoms with Crippen molar-refractivity contribution in [3.8, 4) is 5.75 Å². The van der Waals surface area contributed by atoms with Crippen LogP contribution in [0.3, 0.4) is 0 Å². The summed E-state index contributed by atoms with van der Waals surface area (Å²) in [4.78, 5) is 177. The number of phenolic OH excluding ortho intramolecular Hbond substituents is 1. The van der Waals surface area contributed by atoms with Crippen LogP contribution >= 0.6 is 25.3 Å². The van der Waals surface area contributed by atoms with Crippen LogP contribution in [0, 0.1) is 5.92 Å². The fourth-order valence-electron chi connectivity index (χ4n) is 9.12. The highest BCUT2D eigenvalue weighted by atomic mass is 32.1. The third-order valence-corrected chi connectivity index (χ3v) is 15.2. The molecule has 0 aliphatic heterocycles. The summed E-state index contributed by atoms with van der Waals surface area (Å²) in [5, 5.41) is 57.4. The van der Waals surface area contributed by atoms with Crippen LogP contribution in [0.2, 0.25) is 0 Å². The molecular weight excluding hydrogens is 1240 g/mol. The fourth-order valence-corrected chi connectivity index (χ4v) is 9.63. The first kappa shape index (κ1) is 75.2. The van der Waals surface area contributed by atoms with Crippen molar-refractivity contribution in [2.24, 2.45) is 17.4 Å². The molecule has 92 heavy (non-hydrogen) atoms. The van der Waals surface area contributed by atoms with Gasteiger partial charge in [-0.1, -0.05) is 80.9 Å². The van der Waals surface area contributed by atoms with Gasteiger partial charge in [-0.2, -0.15) is 25.3 Å². The lowest BCUT2D eigenvalue weighted by Crippen LogP contribution is -2.61. The number of unbranched alkanes of at least 4 members (excludes halogenated alkanes) is 1. The number of carboxylic acid groups (broad SMARTS) is 2. The number of fused-ring (bicyclic) bond motifs is 1. The highest BCUT2D eigenvalue weighted by Crippen LogP contribution is 2.20. The summed E-state index contributed by atoms with van der Waals surface area (Å²) < 4.78 is 0. The van der Waals surface area contributed by atoms with Crippen LogP contribution in [-0.4, -0.2) is 189 Å². The van der Waals surface area contributed by atoms with E-state index in [0.717, 1.165) is 0 Å². The van der Waals surface area contributed by atoms with Gasteiger partial charge in [-0.15, -0.1) is 0 Å². The second-order valence-electron chi connectivity index (χ2n) is 21.6. The predicted octanol–water partition coefficient (Wildman–Crippen LogP) is -2.93. The second kappa shape index (κ2) is 38.4. The van der Waals surface area contributed by atoms with Crippen molar-refractivity contribution in [2.75, 3.05) is 37.7 Å². The van der Waals surface area contributed by atoms with E-state index in [0.29, 0.717) is 40.4 Å². The lowest BCUT2D eigenvalue weighted by atomic mass is 9.99. The number of phenols is 1. The number of H-pyrrole nitrogens is 1. The van der Waals surface area contributed by atoms with Gasteiger partial charge in [0, 0.05) is 47.9 Å². The van der Waals surface area contributed by atoms with Crippen molar-refractivity contribution < 1.29 is 77.6 Å². The molecule has 11 amide bonds. The van der Waals surface area contributed by atoms with Gasteiger partial charge in [0.15, 0.2) is 0 Å². The smallest absolute Gasteiger partial charge is 0.326 e. The number of carboxylic acids is 2. The molecule has 10 atom stereocenters. The molecule has 4 rings (SSSR count). The summed E-state index contributed by atoms with van der Waals surface area (Å²) in [7, 11) is 0. The van der Waals surface area contributed by atoms with Gasteiger partial charge in [0.25, 0.3) is 0 Å². The van der Waals surface area contributed by atoms with E-state index in [1.165, 1.54) is 31.2 Å². The standard InChI is InChI=1S/C60H82N14O16S2/c1-4-32(2)51(60(89)90)74-59(88)46(31-92)73-55(84)42(23-35-17-19-37(75)20-18-35)69-53(82)40(16-10-11-21-61)67-56(85)43(24-36-27-63-39-15-9-8-14-38(36)39)71-54(83)41(22-34-12-6-5-7-13-34)70-58(87)45(30-91)72-57(86)44(25-50(79)80)68-52(81)33(3)66-49(78)29-65-48(77)28-64-47(76)26-62/h5-9,12-15,17-20,27,32-33,40-46,51,63,75,91-92H,4,10-11,16,21-26,28-31,61-62H2,1-3H3,(H,64,76)(H,65,77)(H,66,78)(H,67,85)(H,68,81)(H,69,82)(H,70,87)(H,71,83)(H,72,86)(H,73,84)(H,74,88)(H,79,80)(H,89,90)/t32-,33-,40-,41-,42-,43-,44-,45-,46-,51-/m0/s1. The molecule has 0 bridgehead atoms. The van der Waals surface area contributed by atoms with Crippen LogP contribution in [0.25, 0.3) is 10.9 Å². The zero-order valence-corrected chi connectivity index (χ0v) is 52.7. The summed E-state index contributed by atoms with van der Waals surface area (Å²) in [5.74, 6) is -14.2. The van der Waals surface area contributed by atoms with E-state index in [4.69, 9.17) is 11.5 Å². The first-order chi connectivity index (χ1) is 43.8. The maximum atomic E-state index is 15.0. The van der Waals surface area contributed by atoms with Crippen LogP contribution in [0.1, 0.15) is 69.6 Å². The minimum absolute atomic E-state index is 0.0543. The molecule has 0 aliphatic carbocycles. The number of hydrogen-bond donors (Lipinski definition) is 19. The number of aromatic nitrogens is 1. The number of thiol groups is 2. The van der Waals surface area contributed by atoms with Gasteiger partial charge < -0.3 is 90.3 Å². The van der Waals surface area contributed by atoms with Crippen molar-refractivity contribution in [3.05, 3.63) is 102 Å². The number of amides is 11. The Bertz CT molecular complexity index is 3210. The average molecular weight is 1320 g/mol. The Morgan fingerprint density at radius 2 is 0.978 bits per heavy atom. The maximum Gasteiger partial charge on any atom is 0.326 e. The summed E-state index contributed by atoms with van der Waals surface area (Å²) in [6.45, 7) is 3.26. The average Bonchev–Trinajstić information content (AvgIpc) is 1.62. The summed E-state index contributed by atoms with van der Waals surface area (Å²) >= 11 is 8.50. The number of hydrogen-bond acceptors (Lipinski definition) is 18. The number of benzene rings is 3. The Labute approximate surface area is 541 Å². The molecule has 1 heterocycles. The molecule has 0 saturated heterocycles. The lowest BCUT2D eigenvalue weighted by Gasteiger charge is -2.28. The van der Waals surface area contributed by atoms with Crippen LogP contribution in [-0.2, 0) is 81.6 Å². The van der Waals surface area contributed by atoms with Crippen LogP contribution < -0.4 is 70.0 Å². The molecule has 0 aliphatic rings. The third kappa shape index (κ3) is 24.8. The van der Waals surface area contributed by atoms with Gasteiger partial charge in [-0.25, -0.2) is 4.79 Å². The first-order valence-corrected chi connectivity index (χ1v) is 30.8. The Kier molecular flexibility index (Phi) is 31.4. The van der Waals surface area contributed by atoms with Gasteiger partial charge in [0.2, 0.25) is 65.0 Å². The van der Waals surface area contributed by atoms with E-state index in [1.54, 1.807) is 74.6 Å². The normalized spacial score (nSPS) is 14.2. The highest BCUT2D eigenvalue weighted by molar-refractivity contribution is 7.80. The fraction of sp³-hybridized carbons (Fsp3) is 0.450. The third-order valence-electron chi connectivity index (χ3n) is 14.5. The quantitative estimate of drug-likeness (QED) is 0.0157. The molecule has 0 radical (unpaired) electrons. The molecule has 0 unspecified atom stereocenters. The zero-order chi connectivity index (χ0) is 68.0. The number of aromatic amines is 1. The number of nitrogens with one attached hydrogen (secondary N) is 12. The molecule has 4 aromatic rings. The van der Waals surface area contributed by atoms with Gasteiger partial charge in [0.1, 0.15) is 60.1 Å². The number of aromatic hydroxyl groups is 1. The SMILES string of the molecule is CC[C@H](C)[C@H](NC(=O)[C@H](CS)NC(=O)[C@H](Cc1ccc(O)cc1)NC(=O)[C@H](CCCCN)NC(=O)[C@H](Cc1c[nH]c2ccccc12)NC(=O)[C@H](Cc1ccccc1)NC(=O)[C@H](CS)NC(=O)[C@H](CC(=O)O)NC(=O)[C@H](C)NC(=O)CNC(=O)CNC(=O)CN)C(=O)O. The maximum absolute atomic E-state index is 15.0. The molecule has 0 saturated carbocycles. The number of aliphatic carboxylic acids is 2. The van der Waals surface area contributed by atoms with E-state index in [1.807, 2.05) is 0 Å². The van der Waals surface area contributed by atoms with Crippen LogP contribution in [0.4, 0.5) is 0 Å². The number of nitrogens with two attached hydrogens (primary N) is 2. The highest BCUT2D eigenvalue weighted by Gasteiger charge is 2.36. The second-order valence-corrected chi connectivity index (χ2v) is 22.3. The van der Waals surface area contributed by atoms with E-state index >= 15 is 0 Å². The van der Waals surface area contributed by atoms with Gasteiger partial charge in [-0.05, 0) is 73.5 Å². The number of carbonyl (C=O) groups is 13. The van der Waals surface area contributed by atoms with Crippen molar-refractivity contribution in [3.63, 3.8) is 0 Å². The van der Waals surface area contributed by atoms with Gasteiger partial charge >= 0.3 is 11.9 Å². The Hall–Kier alpha value is -9.27. The summed E-state index contributed by atoms with van der Waals surface area (Å²) in [6.07, 6.45) is 0.956. The van der Waals surface area contributed by atoms with Crippen molar-refractivity contribution in [1.29, 1.82) is 0 Å². The number of para-hydroxylation sites is 1. The Balaban J connectivity index is 1.64. The minimum atomic E-state index is -1.85. The molecule has 30 nitrogen and oxygen atoms in total. The first-order valence-electron chi connectivity index (χ1n) is 29.5. The number of carbonyl (C=O) groups excluding carboxylic acids is 11. The number of rotatable bonds is 39. The minimum Gasteiger partial charge on any atom is -0.508 e. The van der Waals surface area contributed by atoms with E-state index in [2.05, 4.69) is 88.7 Å². The summed E-state index contributed by atoms with van der Waals surface area (Å²) in [6, 6.07) is 7.60. The molecule has 19 N–H and O–H groups in total. The van der Waals surface area contributed by atoms with E-state index in [-0.39, 0.29) is 56.7 Å². The monoisotopic (exact) mass is 1320 g/mol. The molecular formula is C60H82N14O16S2. The van der Waals surface area contributed by atoms with Crippen molar-refractivity contribution in [1.82, 2.24) is 63.5 Å². The predicted molar refractivity (Wildman–Crippen MR) is 342 cm³/mol. The van der Waals surface area contributed by atoms with Gasteiger partial charge in [-0.3, -0.25) is 57.5 Å². The molecule has 0 spiro atoms. The lowest BCUT2D eigenvalue weighted by molar-refractivity contribution is -0.143. The molecule has 1 aromatic heterocycles. The van der Waals surface area contributed by atoms with Crippen LogP contribution in [0.15, 0.2) is 85.1 Å². The molecule has 32 heteroatoms. The summed E-state index contributed by atoms with van der Waals surface area (Å²) in [5.41, 5.74) is 13.2. The van der Waals surface area contributed by atoms with E-state index < -0.39 is 162 Å². The Morgan fingerprint density at radius 1 is 0.511 bits per heavy atom. The molecule has 500 valence electrons. The van der Waals surface area contributed by atoms with Gasteiger partial charge in [0.05, 0.1) is 26.1 Å². The van der Waals surface area contributed by atoms with Crippen molar-refractivity contribution >= 4 is 113 Å². The molecule has 3 aromatic carbocycles.